The fourth-order valence-electron chi connectivity index (χ4n) is 3.65. The first kappa shape index (κ1) is 13.6. The Morgan fingerprint density at radius 1 is 1.00 bits per heavy atom. The average Bonchev–Trinajstić information content (AvgIpc) is 2.41. The van der Waals surface area contributed by atoms with E-state index in [-0.39, 0.29) is 0 Å². The number of nitrogens with one attached hydrogen (secondary N) is 1. The zero-order valence-corrected chi connectivity index (χ0v) is 12.0. The van der Waals surface area contributed by atoms with Gasteiger partial charge in [0.2, 0.25) is 0 Å². The van der Waals surface area contributed by atoms with Crippen molar-refractivity contribution in [3.05, 3.63) is 35.9 Å². The van der Waals surface area contributed by atoms with Gasteiger partial charge in [-0.25, -0.2) is 0 Å². The normalized spacial score (nSPS) is 26.2. The minimum Gasteiger partial charge on any atom is -0.316 e. The van der Waals surface area contributed by atoms with Crippen LogP contribution in [0.5, 0.6) is 0 Å². The summed E-state index contributed by atoms with van der Waals surface area (Å²) in [5.74, 6) is 2.41. The Morgan fingerprint density at radius 3 is 2.11 bits per heavy atom. The molecular formula is C17H27N. The molecule has 18 heavy (non-hydrogen) atoms. The molecule has 0 saturated heterocycles. The molecule has 1 fully saturated rings. The van der Waals surface area contributed by atoms with Crippen molar-refractivity contribution < 1.29 is 0 Å². The predicted octanol–water partition coefficient (Wildman–Crippen LogP) is 4.20. The van der Waals surface area contributed by atoms with E-state index in [9.17, 15) is 0 Å². The fourth-order valence-corrected chi connectivity index (χ4v) is 3.65. The van der Waals surface area contributed by atoms with Gasteiger partial charge < -0.3 is 5.32 Å². The summed E-state index contributed by atoms with van der Waals surface area (Å²) in [7, 11) is 2.12. The number of hydrogen-bond donors (Lipinski definition) is 1. The first-order valence-electron chi connectivity index (χ1n) is 7.44. The highest BCUT2D eigenvalue weighted by atomic mass is 14.9. The van der Waals surface area contributed by atoms with Crippen LogP contribution in [0, 0.1) is 11.8 Å². The maximum atomic E-state index is 3.53. The van der Waals surface area contributed by atoms with Crippen molar-refractivity contribution in [2.75, 3.05) is 7.05 Å². The smallest absolute Gasteiger partial charge is 0.0115 e. The molecular weight excluding hydrogens is 218 g/mol. The third-order valence-electron chi connectivity index (χ3n) is 4.60. The number of rotatable bonds is 4. The molecule has 1 aliphatic carbocycles. The van der Waals surface area contributed by atoms with E-state index in [4.69, 9.17) is 0 Å². The van der Waals surface area contributed by atoms with E-state index in [1.54, 1.807) is 5.56 Å². The molecule has 1 N–H and O–H groups in total. The predicted molar refractivity (Wildman–Crippen MR) is 78.8 cm³/mol. The lowest BCUT2D eigenvalue weighted by Gasteiger charge is -2.36. The lowest BCUT2D eigenvalue weighted by molar-refractivity contribution is 0.220. The summed E-state index contributed by atoms with van der Waals surface area (Å²) in [6.45, 7) is 4.68. The zero-order valence-electron chi connectivity index (χ0n) is 12.0. The molecule has 2 rings (SSSR count). The van der Waals surface area contributed by atoms with Gasteiger partial charge in [0.1, 0.15) is 0 Å². The fraction of sp³-hybridized carbons (Fsp3) is 0.647. The van der Waals surface area contributed by atoms with Crippen LogP contribution in [0.4, 0.5) is 0 Å². The van der Waals surface area contributed by atoms with Crippen LogP contribution in [0.1, 0.15) is 51.0 Å². The molecule has 1 nitrogen and oxygen atoms in total. The Kier molecular flexibility index (Phi) is 4.82. The topological polar surface area (TPSA) is 12.0 Å². The SMILES string of the molecule is CNC(C(C)C)C1CCC(c2ccccc2)CC1. The quantitative estimate of drug-likeness (QED) is 0.838. The standard InChI is InChI=1S/C17H27N/c1-13(2)17(18-3)16-11-9-15(10-12-16)14-7-5-4-6-8-14/h4-8,13,15-18H,9-12H2,1-3H3. The highest BCUT2D eigenvalue weighted by Gasteiger charge is 2.28. The lowest BCUT2D eigenvalue weighted by atomic mass is 9.74. The van der Waals surface area contributed by atoms with Crippen LogP contribution in [-0.4, -0.2) is 13.1 Å². The molecule has 1 saturated carbocycles. The molecule has 0 amide bonds. The second-order valence-corrected chi connectivity index (χ2v) is 6.08. The molecule has 0 heterocycles. The first-order valence-corrected chi connectivity index (χ1v) is 7.44. The van der Waals surface area contributed by atoms with E-state index in [0.717, 1.165) is 17.8 Å². The number of hydrogen-bond acceptors (Lipinski definition) is 1. The van der Waals surface area contributed by atoms with E-state index >= 15 is 0 Å². The van der Waals surface area contributed by atoms with Crippen molar-refractivity contribution in [3.63, 3.8) is 0 Å². The van der Waals surface area contributed by atoms with Crippen molar-refractivity contribution in [2.45, 2.75) is 51.5 Å². The monoisotopic (exact) mass is 245 g/mol. The Bertz CT molecular complexity index is 336. The van der Waals surface area contributed by atoms with Crippen LogP contribution in [0.3, 0.4) is 0 Å². The maximum absolute atomic E-state index is 3.53. The van der Waals surface area contributed by atoms with Crippen LogP contribution >= 0.6 is 0 Å². The molecule has 0 radical (unpaired) electrons. The van der Waals surface area contributed by atoms with Crippen LogP contribution in [0.15, 0.2) is 30.3 Å². The van der Waals surface area contributed by atoms with Gasteiger partial charge in [-0.3, -0.25) is 0 Å². The van der Waals surface area contributed by atoms with E-state index in [1.807, 2.05) is 0 Å². The minimum atomic E-state index is 0.696. The second kappa shape index (κ2) is 6.38. The maximum Gasteiger partial charge on any atom is 0.0115 e. The first-order chi connectivity index (χ1) is 8.72. The van der Waals surface area contributed by atoms with E-state index < -0.39 is 0 Å². The Labute approximate surface area is 112 Å². The van der Waals surface area contributed by atoms with Gasteiger partial charge in [0, 0.05) is 6.04 Å². The van der Waals surface area contributed by atoms with E-state index in [1.165, 1.54) is 25.7 Å². The lowest BCUT2D eigenvalue weighted by Crippen LogP contribution is -2.39. The second-order valence-electron chi connectivity index (χ2n) is 6.08. The molecule has 1 aromatic carbocycles. The summed E-state index contributed by atoms with van der Waals surface area (Å²) in [6, 6.07) is 11.7. The van der Waals surface area contributed by atoms with Gasteiger partial charge in [-0.05, 0) is 56.0 Å². The Hall–Kier alpha value is -0.820. The highest BCUT2D eigenvalue weighted by Crippen LogP contribution is 2.38. The molecule has 100 valence electrons. The molecule has 1 aliphatic rings. The Balaban J connectivity index is 1.92. The van der Waals surface area contributed by atoms with Crippen molar-refractivity contribution in [1.82, 2.24) is 5.32 Å². The average molecular weight is 245 g/mol. The molecule has 0 aliphatic heterocycles. The molecule has 1 aromatic rings. The van der Waals surface area contributed by atoms with Gasteiger partial charge in [0.25, 0.3) is 0 Å². The molecule has 1 atom stereocenters. The van der Waals surface area contributed by atoms with Crippen LogP contribution < -0.4 is 5.32 Å². The summed E-state index contributed by atoms with van der Waals surface area (Å²) in [5.41, 5.74) is 1.54. The molecule has 0 bridgehead atoms. The molecule has 1 unspecified atom stereocenters. The van der Waals surface area contributed by atoms with Crippen molar-refractivity contribution in [1.29, 1.82) is 0 Å². The van der Waals surface area contributed by atoms with Crippen molar-refractivity contribution in [2.24, 2.45) is 11.8 Å². The largest absolute Gasteiger partial charge is 0.316 e. The summed E-state index contributed by atoms with van der Waals surface area (Å²) in [5, 5.41) is 3.53. The van der Waals surface area contributed by atoms with E-state index in [0.29, 0.717) is 6.04 Å². The van der Waals surface area contributed by atoms with Crippen LogP contribution in [-0.2, 0) is 0 Å². The van der Waals surface area contributed by atoms with Gasteiger partial charge in [0.15, 0.2) is 0 Å². The van der Waals surface area contributed by atoms with E-state index in [2.05, 4.69) is 56.5 Å². The number of benzene rings is 1. The van der Waals surface area contributed by atoms with Gasteiger partial charge in [-0.15, -0.1) is 0 Å². The molecule has 0 aromatic heterocycles. The van der Waals surface area contributed by atoms with Crippen LogP contribution in [0.25, 0.3) is 0 Å². The minimum absolute atomic E-state index is 0.696. The molecule has 0 spiro atoms. The summed E-state index contributed by atoms with van der Waals surface area (Å²) in [4.78, 5) is 0. The highest BCUT2D eigenvalue weighted by molar-refractivity contribution is 5.20. The van der Waals surface area contributed by atoms with Gasteiger partial charge in [0.05, 0.1) is 0 Å². The van der Waals surface area contributed by atoms with Crippen molar-refractivity contribution in [3.8, 4) is 0 Å². The van der Waals surface area contributed by atoms with Crippen LogP contribution in [0.2, 0.25) is 0 Å². The molecule has 1 heteroatoms. The summed E-state index contributed by atoms with van der Waals surface area (Å²) in [6.07, 6.45) is 5.48. The third-order valence-corrected chi connectivity index (χ3v) is 4.60. The van der Waals surface area contributed by atoms with Gasteiger partial charge in [-0.1, -0.05) is 44.2 Å². The van der Waals surface area contributed by atoms with Gasteiger partial charge >= 0.3 is 0 Å². The Morgan fingerprint density at radius 2 is 1.61 bits per heavy atom. The summed E-state index contributed by atoms with van der Waals surface area (Å²) >= 11 is 0. The summed E-state index contributed by atoms with van der Waals surface area (Å²) < 4.78 is 0. The van der Waals surface area contributed by atoms with Gasteiger partial charge in [-0.2, -0.15) is 0 Å². The van der Waals surface area contributed by atoms with Crippen molar-refractivity contribution >= 4 is 0 Å². The zero-order chi connectivity index (χ0) is 13.0. The third kappa shape index (κ3) is 3.14.